The van der Waals surface area contributed by atoms with Crippen molar-refractivity contribution in [2.45, 2.75) is 32.4 Å². The van der Waals surface area contributed by atoms with Crippen LogP contribution in [0.5, 0.6) is 0 Å². The molecule has 0 bridgehead atoms. The summed E-state index contributed by atoms with van der Waals surface area (Å²) in [6.07, 6.45) is 3.56. The highest BCUT2D eigenvalue weighted by Crippen LogP contribution is 2.19. The molecule has 0 fully saturated rings. The lowest BCUT2D eigenvalue weighted by Crippen LogP contribution is -2.36. The summed E-state index contributed by atoms with van der Waals surface area (Å²) >= 11 is 5.64. The van der Waals surface area contributed by atoms with Crippen LogP contribution in [0.25, 0.3) is 0 Å². The second-order valence-electron chi connectivity index (χ2n) is 5.37. The highest BCUT2D eigenvalue weighted by atomic mass is 35.5. The molecule has 128 valence electrons. The van der Waals surface area contributed by atoms with Gasteiger partial charge in [-0.1, -0.05) is 11.6 Å². The molecule has 1 aromatic heterocycles. The van der Waals surface area contributed by atoms with Crippen LogP contribution < -0.4 is 10.6 Å². The predicted molar refractivity (Wildman–Crippen MR) is 89.1 cm³/mol. The Balaban J connectivity index is 1.72. The predicted octanol–water partition coefficient (Wildman–Crippen LogP) is 2.60. The Bertz CT molecular complexity index is 706. The van der Waals surface area contributed by atoms with E-state index in [0.29, 0.717) is 12.2 Å². The maximum absolute atomic E-state index is 13.0. The van der Waals surface area contributed by atoms with Gasteiger partial charge >= 0.3 is 0 Å². The third-order valence-corrected chi connectivity index (χ3v) is 3.50. The van der Waals surface area contributed by atoms with Crippen molar-refractivity contribution < 1.29 is 14.0 Å². The number of hydrogen-bond donors (Lipinski definition) is 2. The SMILES string of the molecule is CC(Cn1cccn1)NC(=O)CCC(=O)Nc1ccc(F)c(Cl)c1. The standard InChI is InChI=1S/C16H18ClFN4O2/c1-11(10-22-8-2-7-19-22)20-15(23)5-6-16(24)21-12-3-4-14(18)13(17)9-12/h2-4,7-9,11H,5-6,10H2,1H3,(H,20,23)(H,21,24). The number of halogens is 2. The number of benzene rings is 1. The summed E-state index contributed by atoms with van der Waals surface area (Å²) in [4.78, 5) is 23.7. The molecular weight excluding hydrogens is 335 g/mol. The van der Waals surface area contributed by atoms with Gasteiger partial charge in [-0.15, -0.1) is 0 Å². The zero-order chi connectivity index (χ0) is 17.5. The lowest BCUT2D eigenvalue weighted by Gasteiger charge is -2.14. The molecule has 2 rings (SSSR count). The maximum atomic E-state index is 13.0. The van der Waals surface area contributed by atoms with Crippen LogP contribution in [0.1, 0.15) is 19.8 Å². The van der Waals surface area contributed by atoms with E-state index in [1.165, 1.54) is 18.2 Å². The van der Waals surface area contributed by atoms with Gasteiger partial charge in [-0.05, 0) is 31.2 Å². The van der Waals surface area contributed by atoms with Gasteiger partial charge in [0.15, 0.2) is 0 Å². The third kappa shape index (κ3) is 5.66. The van der Waals surface area contributed by atoms with Crippen molar-refractivity contribution in [1.82, 2.24) is 15.1 Å². The number of anilines is 1. The van der Waals surface area contributed by atoms with Gasteiger partial charge in [-0.2, -0.15) is 5.10 Å². The van der Waals surface area contributed by atoms with Crippen LogP contribution in [-0.4, -0.2) is 27.6 Å². The van der Waals surface area contributed by atoms with Crippen molar-refractivity contribution in [3.8, 4) is 0 Å². The van der Waals surface area contributed by atoms with Gasteiger partial charge < -0.3 is 10.6 Å². The maximum Gasteiger partial charge on any atom is 0.224 e. The molecule has 0 radical (unpaired) electrons. The summed E-state index contributed by atoms with van der Waals surface area (Å²) in [5.41, 5.74) is 0.388. The van der Waals surface area contributed by atoms with Crippen LogP contribution >= 0.6 is 11.6 Å². The molecule has 1 unspecified atom stereocenters. The van der Waals surface area contributed by atoms with Gasteiger partial charge in [0.1, 0.15) is 5.82 Å². The van der Waals surface area contributed by atoms with Crippen LogP contribution in [0.15, 0.2) is 36.7 Å². The first kappa shape index (κ1) is 17.9. The fourth-order valence-corrected chi connectivity index (χ4v) is 2.29. The molecule has 8 heteroatoms. The number of hydrogen-bond acceptors (Lipinski definition) is 3. The minimum absolute atomic E-state index is 0.0231. The van der Waals surface area contributed by atoms with Crippen LogP contribution in [0.4, 0.5) is 10.1 Å². The summed E-state index contributed by atoms with van der Waals surface area (Å²) in [5.74, 6) is -1.12. The monoisotopic (exact) mass is 352 g/mol. The minimum atomic E-state index is -0.555. The van der Waals surface area contributed by atoms with Crippen molar-refractivity contribution in [2.75, 3.05) is 5.32 Å². The van der Waals surface area contributed by atoms with Crippen molar-refractivity contribution in [2.24, 2.45) is 0 Å². The molecule has 6 nitrogen and oxygen atoms in total. The second kappa shape index (κ2) is 8.44. The molecule has 0 saturated heterocycles. The average molecular weight is 353 g/mol. The summed E-state index contributed by atoms with van der Waals surface area (Å²) in [6.45, 7) is 2.42. The number of nitrogens with one attached hydrogen (secondary N) is 2. The van der Waals surface area contributed by atoms with E-state index < -0.39 is 5.82 Å². The first-order valence-electron chi connectivity index (χ1n) is 7.45. The van der Waals surface area contributed by atoms with Crippen LogP contribution in [-0.2, 0) is 16.1 Å². The minimum Gasteiger partial charge on any atom is -0.352 e. The van der Waals surface area contributed by atoms with Gasteiger partial charge in [0, 0.05) is 37.0 Å². The van der Waals surface area contributed by atoms with E-state index in [1.807, 2.05) is 13.1 Å². The van der Waals surface area contributed by atoms with Gasteiger partial charge in [0.2, 0.25) is 11.8 Å². The van der Waals surface area contributed by atoms with Gasteiger partial charge in [-0.3, -0.25) is 14.3 Å². The summed E-state index contributed by atoms with van der Waals surface area (Å²) < 4.78 is 14.8. The van der Waals surface area contributed by atoms with Crippen LogP contribution in [0.3, 0.4) is 0 Å². The normalized spacial score (nSPS) is 11.8. The molecule has 2 aromatic rings. The smallest absolute Gasteiger partial charge is 0.224 e. The fourth-order valence-electron chi connectivity index (χ4n) is 2.11. The van der Waals surface area contributed by atoms with Crippen molar-refractivity contribution in [1.29, 1.82) is 0 Å². The lowest BCUT2D eigenvalue weighted by atomic mass is 10.2. The Morgan fingerprint density at radius 3 is 2.75 bits per heavy atom. The number of rotatable bonds is 7. The van der Waals surface area contributed by atoms with Crippen molar-refractivity contribution in [3.05, 3.63) is 47.5 Å². The Morgan fingerprint density at radius 2 is 2.08 bits per heavy atom. The molecule has 1 aromatic carbocycles. The quantitative estimate of drug-likeness (QED) is 0.804. The van der Waals surface area contributed by atoms with Crippen LogP contribution in [0, 0.1) is 5.82 Å². The average Bonchev–Trinajstić information content (AvgIpc) is 3.01. The lowest BCUT2D eigenvalue weighted by molar-refractivity contribution is -0.124. The number of aromatic nitrogens is 2. The molecule has 2 N–H and O–H groups in total. The Morgan fingerprint density at radius 1 is 1.33 bits per heavy atom. The molecule has 1 heterocycles. The van der Waals surface area contributed by atoms with E-state index in [4.69, 9.17) is 11.6 Å². The first-order valence-corrected chi connectivity index (χ1v) is 7.83. The van der Waals surface area contributed by atoms with Crippen molar-refractivity contribution >= 4 is 29.1 Å². The highest BCUT2D eigenvalue weighted by molar-refractivity contribution is 6.31. The van der Waals surface area contributed by atoms with Gasteiger partial charge in [0.05, 0.1) is 11.6 Å². The molecule has 1 atom stereocenters. The largest absolute Gasteiger partial charge is 0.352 e. The van der Waals surface area contributed by atoms with E-state index in [0.717, 1.165) is 0 Å². The van der Waals surface area contributed by atoms with Gasteiger partial charge in [0.25, 0.3) is 0 Å². The number of carbonyl (C=O) groups is 2. The third-order valence-electron chi connectivity index (χ3n) is 3.21. The highest BCUT2D eigenvalue weighted by Gasteiger charge is 2.11. The Labute approximate surface area is 144 Å². The topological polar surface area (TPSA) is 76.0 Å². The van der Waals surface area contributed by atoms with Crippen LogP contribution in [0.2, 0.25) is 5.02 Å². The summed E-state index contributed by atoms with van der Waals surface area (Å²) in [7, 11) is 0. The van der Waals surface area contributed by atoms with E-state index in [2.05, 4.69) is 15.7 Å². The molecular formula is C16H18ClFN4O2. The molecule has 0 aliphatic heterocycles. The van der Waals surface area contributed by atoms with Crippen molar-refractivity contribution in [3.63, 3.8) is 0 Å². The molecule has 2 amide bonds. The van der Waals surface area contributed by atoms with E-state index in [-0.39, 0.29) is 35.7 Å². The van der Waals surface area contributed by atoms with E-state index in [1.54, 1.807) is 16.9 Å². The number of carbonyl (C=O) groups excluding carboxylic acids is 2. The van der Waals surface area contributed by atoms with E-state index in [9.17, 15) is 14.0 Å². The fraction of sp³-hybridized carbons (Fsp3) is 0.312. The zero-order valence-corrected chi connectivity index (χ0v) is 13.9. The molecule has 0 aliphatic carbocycles. The zero-order valence-electron chi connectivity index (χ0n) is 13.1. The Kier molecular flexibility index (Phi) is 6.31. The van der Waals surface area contributed by atoms with E-state index >= 15 is 0 Å². The molecule has 0 spiro atoms. The summed E-state index contributed by atoms with van der Waals surface area (Å²) in [6, 6.07) is 5.60. The number of amides is 2. The molecule has 0 saturated carbocycles. The first-order chi connectivity index (χ1) is 11.4. The Hall–Kier alpha value is -2.41. The van der Waals surface area contributed by atoms with Gasteiger partial charge in [-0.25, -0.2) is 4.39 Å². The number of nitrogens with zero attached hydrogens (tertiary/aromatic N) is 2. The molecule has 0 aliphatic rings. The second-order valence-corrected chi connectivity index (χ2v) is 5.78. The molecule has 24 heavy (non-hydrogen) atoms. The summed E-state index contributed by atoms with van der Waals surface area (Å²) in [5, 5.41) is 9.36.